The van der Waals surface area contributed by atoms with E-state index in [2.05, 4.69) is 20.6 Å². The number of amides is 2. The smallest absolute Gasteiger partial charge is 0.264 e. The molecule has 11 nitrogen and oxygen atoms in total. The van der Waals surface area contributed by atoms with E-state index in [0.717, 1.165) is 17.2 Å². The van der Waals surface area contributed by atoms with E-state index in [9.17, 15) is 23.9 Å². The van der Waals surface area contributed by atoms with Gasteiger partial charge in [-0.25, -0.2) is 9.37 Å². The number of fused-ring (bicyclic) bond motifs is 1. The fourth-order valence-corrected chi connectivity index (χ4v) is 6.73. The zero-order chi connectivity index (χ0) is 36.7. The van der Waals surface area contributed by atoms with Crippen LogP contribution >= 0.6 is 11.6 Å². The first-order valence-electron chi connectivity index (χ1n) is 17.1. The summed E-state index contributed by atoms with van der Waals surface area (Å²) in [5.41, 5.74) is 0.883. The molecule has 6 rings (SSSR count). The van der Waals surface area contributed by atoms with Crippen LogP contribution in [0.4, 0.5) is 15.9 Å². The highest BCUT2D eigenvalue weighted by Crippen LogP contribution is 2.27. The van der Waals surface area contributed by atoms with Crippen molar-refractivity contribution in [2.75, 3.05) is 25.0 Å². The van der Waals surface area contributed by atoms with E-state index in [-0.39, 0.29) is 48.5 Å². The number of hydrogen-bond donors (Lipinski definition) is 4. The Kier molecular flexibility index (Phi) is 11.4. The molecule has 3 heterocycles. The van der Waals surface area contributed by atoms with Crippen LogP contribution in [0.15, 0.2) is 96.2 Å². The molecule has 5 aromatic rings. The lowest BCUT2D eigenvalue weighted by Crippen LogP contribution is -2.51. The van der Waals surface area contributed by atoms with Crippen LogP contribution in [0.2, 0.25) is 5.02 Å². The van der Waals surface area contributed by atoms with Crippen molar-refractivity contribution < 1.29 is 19.1 Å². The van der Waals surface area contributed by atoms with E-state index < -0.39 is 17.0 Å². The summed E-state index contributed by atoms with van der Waals surface area (Å²) < 4.78 is 14.6. The van der Waals surface area contributed by atoms with Gasteiger partial charge in [0.05, 0.1) is 29.0 Å². The maximum Gasteiger partial charge on any atom is 0.264 e. The number of hydrogen-bond acceptors (Lipinski definition) is 8. The van der Waals surface area contributed by atoms with Gasteiger partial charge in [-0.05, 0) is 80.1 Å². The number of nitrogens with zero attached hydrogens (tertiary/aromatic N) is 4. The van der Waals surface area contributed by atoms with Crippen molar-refractivity contribution >= 4 is 52.0 Å². The first kappa shape index (κ1) is 36.3. The van der Waals surface area contributed by atoms with Gasteiger partial charge >= 0.3 is 0 Å². The molecule has 2 amide bonds. The van der Waals surface area contributed by atoms with Gasteiger partial charge in [0.15, 0.2) is 0 Å². The van der Waals surface area contributed by atoms with Crippen molar-refractivity contribution in [1.29, 1.82) is 5.41 Å². The monoisotopic (exact) mass is 723 g/mol. The fraction of sp³-hybridized carbons (Fsp3) is 0.282. The van der Waals surface area contributed by atoms with Crippen molar-refractivity contribution in [3.63, 3.8) is 0 Å². The van der Waals surface area contributed by atoms with Crippen molar-refractivity contribution in [2.45, 2.75) is 44.2 Å². The number of pyridine rings is 1. The molecule has 3 aromatic carbocycles. The van der Waals surface area contributed by atoms with E-state index in [1.807, 2.05) is 30.3 Å². The van der Waals surface area contributed by atoms with Gasteiger partial charge in [0, 0.05) is 54.6 Å². The van der Waals surface area contributed by atoms with E-state index >= 15 is 0 Å². The summed E-state index contributed by atoms with van der Waals surface area (Å²) >= 11 is 6.24. The normalized spacial score (nSPS) is 14.5. The van der Waals surface area contributed by atoms with Crippen molar-refractivity contribution in [1.82, 2.24) is 24.8 Å². The molecule has 0 saturated carbocycles. The van der Waals surface area contributed by atoms with Crippen LogP contribution in [0.5, 0.6) is 0 Å². The minimum Gasteiger partial charge on any atom is -0.388 e. The fourth-order valence-electron chi connectivity index (χ4n) is 6.51. The molecule has 0 radical (unpaired) electrons. The van der Waals surface area contributed by atoms with Crippen molar-refractivity contribution in [3.05, 3.63) is 129 Å². The van der Waals surface area contributed by atoms with Crippen LogP contribution in [0.25, 0.3) is 10.9 Å². The van der Waals surface area contributed by atoms with Crippen molar-refractivity contribution in [3.8, 4) is 0 Å². The second-order valence-corrected chi connectivity index (χ2v) is 13.5. The van der Waals surface area contributed by atoms with E-state index in [0.29, 0.717) is 60.7 Å². The molecule has 0 bridgehead atoms. The van der Waals surface area contributed by atoms with Crippen LogP contribution < -0.4 is 16.2 Å². The lowest BCUT2D eigenvalue weighted by atomic mass is 9.88. The molecule has 2 aromatic heterocycles. The number of anilines is 2. The van der Waals surface area contributed by atoms with Gasteiger partial charge in [0.1, 0.15) is 17.2 Å². The number of rotatable bonds is 13. The van der Waals surface area contributed by atoms with Gasteiger partial charge in [-0.2, -0.15) is 0 Å². The van der Waals surface area contributed by atoms with Crippen LogP contribution in [-0.2, 0) is 17.8 Å². The van der Waals surface area contributed by atoms with Gasteiger partial charge in [0.25, 0.3) is 11.5 Å². The number of aliphatic hydroxyl groups is 1. The third-order valence-electron chi connectivity index (χ3n) is 9.44. The zero-order valence-corrected chi connectivity index (χ0v) is 29.2. The van der Waals surface area contributed by atoms with E-state index in [1.54, 1.807) is 35.4 Å². The molecular weight excluding hydrogens is 685 g/mol. The van der Waals surface area contributed by atoms with Gasteiger partial charge in [-0.1, -0.05) is 48.0 Å². The first-order chi connectivity index (χ1) is 25.1. The SMILES string of the molecule is N=Cc1c(Nc2ccc(F)cc2)ncn(CC2(O)CCN(C(=O)C(CCCNC(=O)c3ccc4c(Cl)ccnc4c3)Cc3ccccc3)CC2)c1=O. The minimum absolute atomic E-state index is 0.00201. The predicted molar refractivity (Wildman–Crippen MR) is 199 cm³/mol. The minimum atomic E-state index is -1.27. The summed E-state index contributed by atoms with van der Waals surface area (Å²) in [7, 11) is 0. The van der Waals surface area contributed by atoms with Gasteiger partial charge in [0.2, 0.25) is 5.91 Å². The average Bonchev–Trinajstić information content (AvgIpc) is 3.15. The lowest BCUT2D eigenvalue weighted by Gasteiger charge is -2.39. The molecule has 0 aliphatic carbocycles. The number of nitrogens with one attached hydrogen (secondary N) is 3. The molecule has 1 saturated heterocycles. The molecule has 4 N–H and O–H groups in total. The molecular formula is C39H39ClFN7O4. The largest absolute Gasteiger partial charge is 0.388 e. The Bertz CT molecular complexity index is 2120. The first-order valence-corrected chi connectivity index (χ1v) is 17.5. The number of carbonyl (C=O) groups excluding carboxylic acids is 2. The Labute approximate surface area is 305 Å². The number of carbonyl (C=O) groups is 2. The molecule has 13 heteroatoms. The number of piperidine rings is 1. The number of aromatic nitrogens is 3. The number of likely N-dealkylation sites (tertiary alicyclic amines) is 1. The Morgan fingerprint density at radius 1 is 1.04 bits per heavy atom. The highest BCUT2D eigenvalue weighted by molar-refractivity contribution is 6.35. The van der Waals surface area contributed by atoms with Crippen LogP contribution in [0.3, 0.4) is 0 Å². The summed E-state index contributed by atoms with van der Waals surface area (Å²) in [6, 6.07) is 22.2. The lowest BCUT2D eigenvalue weighted by molar-refractivity contribution is -0.140. The third kappa shape index (κ3) is 8.70. The quantitative estimate of drug-likeness (QED) is 0.0892. The molecule has 1 unspecified atom stereocenters. The second-order valence-electron chi connectivity index (χ2n) is 13.1. The summed E-state index contributed by atoms with van der Waals surface area (Å²) in [5, 5.41) is 26.6. The number of benzene rings is 3. The average molecular weight is 724 g/mol. The molecule has 1 atom stereocenters. The zero-order valence-electron chi connectivity index (χ0n) is 28.4. The molecule has 1 aliphatic heterocycles. The molecule has 1 fully saturated rings. The van der Waals surface area contributed by atoms with E-state index in [4.69, 9.17) is 17.0 Å². The summed E-state index contributed by atoms with van der Waals surface area (Å²) in [4.78, 5) is 50.5. The Hall–Kier alpha value is -5.46. The topological polar surface area (TPSA) is 153 Å². The number of halogens is 2. The molecule has 0 spiro atoms. The Morgan fingerprint density at radius 2 is 1.79 bits per heavy atom. The van der Waals surface area contributed by atoms with Gasteiger partial charge in [-0.3, -0.25) is 23.9 Å². The summed E-state index contributed by atoms with van der Waals surface area (Å²) in [6.07, 6.45) is 5.99. The van der Waals surface area contributed by atoms with E-state index in [1.165, 1.54) is 35.2 Å². The van der Waals surface area contributed by atoms with Crippen LogP contribution in [0, 0.1) is 17.1 Å². The highest BCUT2D eigenvalue weighted by Gasteiger charge is 2.36. The highest BCUT2D eigenvalue weighted by atomic mass is 35.5. The maximum absolute atomic E-state index is 13.9. The van der Waals surface area contributed by atoms with Gasteiger partial charge in [-0.15, -0.1) is 0 Å². The second kappa shape index (κ2) is 16.3. The Morgan fingerprint density at radius 3 is 2.52 bits per heavy atom. The Balaban J connectivity index is 1.06. The van der Waals surface area contributed by atoms with Crippen molar-refractivity contribution in [2.24, 2.45) is 5.92 Å². The summed E-state index contributed by atoms with van der Waals surface area (Å²) in [6.45, 7) is 0.950. The van der Waals surface area contributed by atoms with Gasteiger partial charge < -0.3 is 26.0 Å². The molecule has 268 valence electrons. The third-order valence-corrected chi connectivity index (χ3v) is 9.76. The van der Waals surface area contributed by atoms with Crippen LogP contribution in [-0.4, -0.2) is 67.8 Å². The molecule has 1 aliphatic rings. The summed E-state index contributed by atoms with van der Waals surface area (Å²) in [5.74, 6) is -0.837. The molecule has 52 heavy (non-hydrogen) atoms. The van der Waals surface area contributed by atoms with Crippen LogP contribution in [0.1, 0.15) is 47.2 Å². The standard InChI is InChI=1S/C39H39ClFN7O4/c40-33-14-18-43-34-22-27(8-13-31(33)34)36(49)44-17-4-7-28(21-26-5-2-1-3-6-26)37(50)47-19-15-39(52,16-20-47)24-48-25-45-35(32(23-42)38(48)51)46-30-11-9-29(41)10-12-30/h1-3,5-6,8-14,18,22-23,25,28,42,46,52H,4,7,15-17,19-21,24H2,(H,44,49). The maximum atomic E-state index is 13.9. The predicted octanol–water partition coefficient (Wildman–Crippen LogP) is 5.75.